The Morgan fingerprint density at radius 1 is 1.37 bits per heavy atom. The second-order valence-electron chi connectivity index (χ2n) is 5.15. The molecule has 0 aromatic heterocycles. The maximum absolute atomic E-state index is 12.1. The zero-order chi connectivity index (χ0) is 14.7. The van der Waals surface area contributed by atoms with Crippen LogP contribution in [0.1, 0.15) is 32.3 Å². The Balaban J connectivity index is 2.87. The van der Waals surface area contributed by atoms with Crippen LogP contribution in [0.15, 0.2) is 23.1 Å². The van der Waals surface area contributed by atoms with Crippen LogP contribution >= 0.6 is 0 Å². The molecule has 0 amide bonds. The molecule has 1 rings (SSSR count). The molecule has 1 unspecified atom stereocenters. The molecule has 1 aromatic rings. The molecule has 4 N–H and O–H groups in total. The zero-order valence-corrected chi connectivity index (χ0v) is 12.4. The van der Waals surface area contributed by atoms with E-state index in [1.807, 2.05) is 6.92 Å². The molecule has 0 heterocycles. The summed E-state index contributed by atoms with van der Waals surface area (Å²) < 4.78 is 26.6. The monoisotopic (exact) mass is 286 g/mol. The number of hydrogen-bond donors (Lipinski definition) is 3. The first-order valence-electron chi connectivity index (χ1n) is 6.25. The van der Waals surface area contributed by atoms with Crippen molar-refractivity contribution in [1.29, 1.82) is 0 Å². The minimum atomic E-state index is -3.65. The van der Waals surface area contributed by atoms with Crippen LogP contribution in [0, 0.1) is 6.92 Å². The number of hydrogen-bond acceptors (Lipinski definition) is 4. The highest BCUT2D eigenvalue weighted by Crippen LogP contribution is 2.17. The number of nitrogens with one attached hydrogen (secondary N) is 1. The van der Waals surface area contributed by atoms with E-state index in [1.54, 1.807) is 26.0 Å². The van der Waals surface area contributed by atoms with Crippen LogP contribution < -0.4 is 10.5 Å². The van der Waals surface area contributed by atoms with Gasteiger partial charge in [0.1, 0.15) is 0 Å². The van der Waals surface area contributed by atoms with Crippen LogP contribution in [0.25, 0.3) is 0 Å². The van der Waals surface area contributed by atoms with Gasteiger partial charge < -0.3 is 10.8 Å². The molecule has 1 atom stereocenters. The van der Waals surface area contributed by atoms with Crippen LogP contribution in [0.5, 0.6) is 0 Å². The Hall–Kier alpha value is -1.11. The number of anilines is 1. The van der Waals surface area contributed by atoms with E-state index in [2.05, 4.69) is 4.72 Å². The lowest BCUT2D eigenvalue weighted by atomic mass is 10.0. The number of benzene rings is 1. The second-order valence-corrected chi connectivity index (χ2v) is 6.92. The van der Waals surface area contributed by atoms with Gasteiger partial charge >= 0.3 is 0 Å². The molecule has 5 nitrogen and oxygen atoms in total. The molecular weight excluding hydrogens is 264 g/mol. The third-order valence-electron chi connectivity index (χ3n) is 2.82. The molecule has 1 aromatic carbocycles. The average Bonchev–Trinajstić information content (AvgIpc) is 2.25. The first-order chi connectivity index (χ1) is 8.66. The molecule has 19 heavy (non-hydrogen) atoms. The van der Waals surface area contributed by atoms with Crippen molar-refractivity contribution in [3.63, 3.8) is 0 Å². The number of sulfonamides is 1. The molecule has 0 fully saturated rings. The predicted molar refractivity (Wildman–Crippen MR) is 76.3 cm³/mol. The van der Waals surface area contributed by atoms with E-state index in [-0.39, 0.29) is 11.4 Å². The summed E-state index contributed by atoms with van der Waals surface area (Å²) in [4.78, 5) is 0.122. The average molecular weight is 286 g/mol. The van der Waals surface area contributed by atoms with Crippen LogP contribution in [-0.2, 0) is 10.0 Å². The fourth-order valence-electron chi connectivity index (χ4n) is 1.89. The summed E-state index contributed by atoms with van der Waals surface area (Å²) in [6.07, 6.45) is 1.32. The maximum Gasteiger partial charge on any atom is 0.240 e. The van der Waals surface area contributed by atoms with E-state index < -0.39 is 15.6 Å². The summed E-state index contributed by atoms with van der Waals surface area (Å²) in [5.41, 5.74) is 5.78. The highest BCUT2D eigenvalue weighted by Gasteiger charge is 2.23. The van der Waals surface area contributed by atoms with Crippen molar-refractivity contribution in [2.75, 3.05) is 12.3 Å². The fourth-order valence-corrected chi connectivity index (χ4v) is 3.19. The quantitative estimate of drug-likeness (QED) is 0.689. The smallest absolute Gasteiger partial charge is 0.240 e. The Morgan fingerprint density at radius 2 is 2.00 bits per heavy atom. The molecule has 0 aliphatic heterocycles. The minimum Gasteiger partial charge on any atom is -0.399 e. The van der Waals surface area contributed by atoms with E-state index in [0.29, 0.717) is 12.1 Å². The molecule has 0 spiro atoms. The van der Waals surface area contributed by atoms with Crippen LogP contribution in [0.3, 0.4) is 0 Å². The van der Waals surface area contributed by atoms with Crippen LogP contribution in [0.2, 0.25) is 0 Å². The molecule has 0 bridgehead atoms. The molecule has 0 radical (unpaired) electrons. The number of aliphatic hydroxyl groups is 1. The van der Waals surface area contributed by atoms with Gasteiger partial charge in [-0.1, -0.05) is 13.3 Å². The zero-order valence-electron chi connectivity index (χ0n) is 11.6. The highest BCUT2D eigenvalue weighted by molar-refractivity contribution is 7.89. The van der Waals surface area contributed by atoms with Gasteiger partial charge in [0.2, 0.25) is 10.0 Å². The Bertz CT molecular complexity index is 519. The summed E-state index contributed by atoms with van der Waals surface area (Å²) >= 11 is 0. The van der Waals surface area contributed by atoms with Crippen molar-refractivity contribution in [2.45, 2.75) is 44.1 Å². The lowest BCUT2D eigenvalue weighted by Crippen LogP contribution is -2.40. The van der Waals surface area contributed by atoms with Gasteiger partial charge in [-0.3, -0.25) is 0 Å². The summed E-state index contributed by atoms with van der Waals surface area (Å²) in [5.74, 6) is 0. The molecule has 108 valence electrons. The van der Waals surface area contributed by atoms with Crippen LogP contribution in [0.4, 0.5) is 5.69 Å². The highest BCUT2D eigenvalue weighted by atomic mass is 32.2. The molecule has 6 heteroatoms. The fraction of sp³-hybridized carbons (Fsp3) is 0.538. The van der Waals surface area contributed by atoms with Gasteiger partial charge in [-0.15, -0.1) is 0 Å². The molecule has 0 aliphatic carbocycles. The molecular formula is C13H22N2O3S. The lowest BCUT2D eigenvalue weighted by molar-refractivity contribution is 0.0554. The summed E-state index contributed by atoms with van der Waals surface area (Å²) in [7, 11) is -3.65. The minimum absolute atomic E-state index is 0.0168. The standard InChI is InChI=1S/C13H22N2O3S/c1-4-5-13(3,16)9-15-19(17,18)12-7-10(2)6-11(14)8-12/h6-8,15-16H,4-5,9,14H2,1-3H3. The maximum atomic E-state index is 12.1. The van der Waals surface area contributed by atoms with Gasteiger partial charge in [-0.2, -0.15) is 0 Å². The van der Waals surface area contributed by atoms with E-state index in [0.717, 1.165) is 12.0 Å². The SMILES string of the molecule is CCCC(C)(O)CNS(=O)(=O)c1cc(C)cc(N)c1. The number of rotatable bonds is 6. The lowest BCUT2D eigenvalue weighted by Gasteiger charge is -2.23. The predicted octanol–water partition coefficient (Wildman–Crippen LogP) is 1.41. The van der Waals surface area contributed by atoms with Crippen molar-refractivity contribution in [3.8, 4) is 0 Å². The molecule has 0 saturated heterocycles. The van der Waals surface area contributed by atoms with Crippen molar-refractivity contribution in [2.24, 2.45) is 0 Å². The van der Waals surface area contributed by atoms with Gasteiger partial charge in [0.25, 0.3) is 0 Å². The summed E-state index contributed by atoms with van der Waals surface area (Å²) in [6.45, 7) is 5.31. The Kier molecular flexibility index (Phi) is 4.95. The number of nitrogens with two attached hydrogens (primary N) is 1. The van der Waals surface area contributed by atoms with Gasteiger partial charge in [-0.05, 0) is 44.0 Å². The van der Waals surface area contributed by atoms with Crippen molar-refractivity contribution in [1.82, 2.24) is 4.72 Å². The molecule has 0 saturated carbocycles. The van der Waals surface area contributed by atoms with Crippen molar-refractivity contribution < 1.29 is 13.5 Å². The van der Waals surface area contributed by atoms with Crippen LogP contribution in [-0.4, -0.2) is 25.7 Å². The van der Waals surface area contributed by atoms with Gasteiger partial charge in [0, 0.05) is 12.2 Å². The summed E-state index contributed by atoms with van der Waals surface area (Å²) in [5, 5.41) is 9.98. The number of aryl methyl sites for hydroxylation is 1. The third kappa shape index (κ3) is 4.81. The van der Waals surface area contributed by atoms with E-state index in [9.17, 15) is 13.5 Å². The van der Waals surface area contributed by atoms with Gasteiger partial charge in [0.15, 0.2) is 0 Å². The van der Waals surface area contributed by atoms with Crippen molar-refractivity contribution >= 4 is 15.7 Å². The third-order valence-corrected chi connectivity index (χ3v) is 4.20. The van der Waals surface area contributed by atoms with E-state index in [4.69, 9.17) is 5.73 Å². The Morgan fingerprint density at radius 3 is 2.53 bits per heavy atom. The Labute approximate surface area is 114 Å². The largest absolute Gasteiger partial charge is 0.399 e. The van der Waals surface area contributed by atoms with E-state index in [1.165, 1.54) is 6.07 Å². The van der Waals surface area contributed by atoms with Gasteiger partial charge in [0.05, 0.1) is 10.5 Å². The topological polar surface area (TPSA) is 92.4 Å². The van der Waals surface area contributed by atoms with Crippen molar-refractivity contribution in [3.05, 3.63) is 23.8 Å². The summed E-state index contributed by atoms with van der Waals surface area (Å²) in [6, 6.07) is 4.66. The van der Waals surface area contributed by atoms with Gasteiger partial charge in [-0.25, -0.2) is 13.1 Å². The number of nitrogen functional groups attached to an aromatic ring is 1. The van der Waals surface area contributed by atoms with E-state index >= 15 is 0 Å². The first kappa shape index (κ1) is 15.9. The molecule has 0 aliphatic rings. The normalized spacial score (nSPS) is 15.2. The first-order valence-corrected chi connectivity index (χ1v) is 7.74. The second kappa shape index (κ2) is 5.90.